The lowest BCUT2D eigenvalue weighted by molar-refractivity contribution is -0.890. The highest BCUT2D eigenvalue weighted by molar-refractivity contribution is 6.08. The average molecular weight is 1100 g/mol. The molecule has 0 saturated carbocycles. The summed E-state index contributed by atoms with van der Waals surface area (Å²) in [6.07, 6.45) is 1.13. The third kappa shape index (κ3) is 17.2. The monoisotopic (exact) mass is 1100 g/mol. The Labute approximate surface area is 438 Å². The van der Waals surface area contributed by atoms with Crippen LogP contribution in [0.25, 0.3) is 44.3 Å². The molecule has 0 saturated heterocycles. The lowest BCUT2D eigenvalue weighted by atomic mass is 10.0. The Balaban J connectivity index is 0.000000314. The van der Waals surface area contributed by atoms with Crippen molar-refractivity contribution in [2.45, 2.75) is 19.8 Å². The number of hydrazine groups is 1. The van der Waals surface area contributed by atoms with Gasteiger partial charge in [0.1, 0.15) is 6.54 Å². The van der Waals surface area contributed by atoms with Gasteiger partial charge in [0.05, 0.1) is 128 Å². The van der Waals surface area contributed by atoms with Crippen LogP contribution in [0.4, 0.5) is 0 Å². The first-order chi connectivity index (χ1) is 34.4. The molecule has 3 amide bonds. The molecule has 2 heterocycles. The van der Waals surface area contributed by atoms with E-state index in [9.17, 15) is 14.4 Å². The van der Waals surface area contributed by atoms with Crippen LogP contribution in [-0.2, 0) is 14.3 Å². The van der Waals surface area contributed by atoms with Gasteiger partial charge in [-0.3, -0.25) is 19.8 Å². The number of amides is 3. The van der Waals surface area contributed by atoms with Gasteiger partial charge in [0.25, 0.3) is 11.8 Å². The van der Waals surface area contributed by atoms with Crippen LogP contribution >= 0.6 is 0 Å². The summed E-state index contributed by atoms with van der Waals surface area (Å²) in [6, 6.07) is 32.5. The number of carbonyl (C=O) groups excluding carboxylic acids is 3. The molecule has 0 aliphatic rings. The molecule has 0 aliphatic heterocycles. The van der Waals surface area contributed by atoms with Crippen LogP contribution in [0.2, 0.25) is 0 Å². The Morgan fingerprint density at radius 3 is 1.58 bits per heavy atom. The van der Waals surface area contributed by atoms with Gasteiger partial charge in [-0.25, -0.2) is 25.8 Å². The first-order valence-electron chi connectivity index (χ1n) is 23.3. The zero-order valence-electron chi connectivity index (χ0n) is 42.1. The lowest BCUT2D eigenvalue weighted by Crippen LogP contribution is -3.00. The molecule has 2 aromatic heterocycles. The number of quaternary nitrogens is 1. The Morgan fingerprint density at radius 1 is 0.625 bits per heavy atom. The summed E-state index contributed by atoms with van der Waals surface area (Å²) >= 11 is 0. The number of aliphatic imine (C=N–C) groups is 2. The SMILES string of the molecule is CCN=C=NCCC[N+](C)(C)CCOCCNC(=O)c1cc(-c2ccc(OC)c(OC)c2)nc2ccccc12.COc1ccc(-c2cc(C(=O)NCCOCCC(=O)NN)c3ccccc3n2)cc1OC.[I-]. The molecule has 6 rings (SSSR count). The van der Waals surface area contributed by atoms with Crippen LogP contribution in [0.15, 0.2) is 107 Å². The van der Waals surface area contributed by atoms with Crippen LogP contribution in [0.1, 0.15) is 40.5 Å². The second kappa shape index (κ2) is 30.2. The van der Waals surface area contributed by atoms with E-state index in [0.717, 1.165) is 58.0 Å². The van der Waals surface area contributed by atoms with Crippen molar-refractivity contribution in [3.8, 4) is 45.5 Å². The van der Waals surface area contributed by atoms with Crippen molar-refractivity contribution in [1.82, 2.24) is 26.0 Å². The van der Waals surface area contributed by atoms with Crippen LogP contribution in [-0.4, -0.2) is 146 Å². The van der Waals surface area contributed by atoms with E-state index in [2.05, 4.69) is 40.7 Å². The molecule has 19 heteroatoms. The first kappa shape index (κ1) is 57.8. The van der Waals surface area contributed by atoms with Gasteiger partial charge in [-0.2, -0.15) is 0 Å². The third-order valence-electron chi connectivity index (χ3n) is 11.2. The quantitative estimate of drug-likeness (QED) is 0.0123. The van der Waals surface area contributed by atoms with E-state index >= 15 is 0 Å². The number of nitrogens with one attached hydrogen (secondary N) is 3. The maximum atomic E-state index is 13.2. The lowest BCUT2D eigenvalue weighted by Gasteiger charge is -2.29. The summed E-state index contributed by atoms with van der Waals surface area (Å²) in [5.74, 6) is 6.73. The van der Waals surface area contributed by atoms with E-state index in [1.165, 1.54) is 0 Å². The second-order valence-corrected chi connectivity index (χ2v) is 16.5. The molecule has 18 nitrogen and oxygen atoms in total. The van der Waals surface area contributed by atoms with E-state index in [0.29, 0.717) is 83.9 Å². The number of nitrogens with two attached hydrogens (primary N) is 1. The summed E-state index contributed by atoms with van der Waals surface area (Å²) < 4.78 is 33.5. The molecule has 0 spiro atoms. The zero-order valence-corrected chi connectivity index (χ0v) is 44.2. The van der Waals surface area contributed by atoms with Crippen molar-refractivity contribution in [3.63, 3.8) is 0 Å². The normalized spacial score (nSPS) is 10.7. The van der Waals surface area contributed by atoms with Crippen molar-refractivity contribution in [3.05, 3.63) is 108 Å². The van der Waals surface area contributed by atoms with E-state index < -0.39 is 0 Å². The van der Waals surface area contributed by atoms with Crippen molar-refractivity contribution in [1.29, 1.82) is 0 Å². The predicted molar refractivity (Wildman–Crippen MR) is 276 cm³/mol. The fraction of sp³-hybridized carbons (Fsp3) is 0.358. The van der Waals surface area contributed by atoms with Crippen molar-refractivity contribution >= 4 is 45.5 Å². The minimum atomic E-state index is -0.306. The average Bonchev–Trinajstić information content (AvgIpc) is 3.40. The van der Waals surface area contributed by atoms with Crippen LogP contribution < -0.4 is 64.8 Å². The maximum Gasteiger partial charge on any atom is 0.252 e. The number of benzene rings is 4. The minimum absolute atomic E-state index is 0. The van der Waals surface area contributed by atoms with Gasteiger partial charge in [-0.05, 0) is 67.6 Å². The number of fused-ring (bicyclic) bond motifs is 2. The van der Waals surface area contributed by atoms with Gasteiger partial charge in [0, 0.05) is 48.0 Å². The molecule has 0 unspecified atom stereocenters. The van der Waals surface area contributed by atoms with Crippen molar-refractivity contribution < 1.29 is 71.3 Å². The van der Waals surface area contributed by atoms with Crippen molar-refractivity contribution in [2.75, 3.05) is 108 Å². The number of methoxy groups -OCH3 is 4. The van der Waals surface area contributed by atoms with Gasteiger partial charge in [-0.15, -0.1) is 0 Å². The summed E-state index contributed by atoms with van der Waals surface area (Å²) in [7, 11) is 10.7. The first-order valence-corrected chi connectivity index (χ1v) is 23.3. The minimum Gasteiger partial charge on any atom is -1.00 e. The highest BCUT2D eigenvalue weighted by Gasteiger charge is 2.18. The summed E-state index contributed by atoms with van der Waals surface area (Å²) in [5.41, 5.74) is 7.49. The van der Waals surface area contributed by atoms with E-state index in [1.54, 1.807) is 40.6 Å². The molecule has 5 N–H and O–H groups in total. The summed E-state index contributed by atoms with van der Waals surface area (Å²) in [5, 5.41) is 7.39. The predicted octanol–water partition coefficient (Wildman–Crippen LogP) is 3.38. The van der Waals surface area contributed by atoms with Gasteiger partial charge in [-0.1, -0.05) is 36.4 Å². The smallest absolute Gasteiger partial charge is 0.252 e. The van der Waals surface area contributed by atoms with Gasteiger partial charge >= 0.3 is 0 Å². The number of carbonyl (C=O) groups is 3. The number of para-hydroxylation sites is 2. The molecular weight excluding hydrogens is 1030 g/mol. The maximum absolute atomic E-state index is 13.2. The van der Waals surface area contributed by atoms with Gasteiger partial charge in [0.2, 0.25) is 5.91 Å². The van der Waals surface area contributed by atoms with Crippen LogP contribution in [0.3, 0.4) is 0 Å². The number of halogens is 1. The Morgan fingerprint density at radius 2 is 1.11 bits per heavy atom. The van der Waals surface area contributed by atoms with Gasteiger partial charge in [0.15, 0.2) is 23.0 Å². The van der Waals surface area contributed by atoms with E-state index in [-0.39, 0.29) is 61.3 Å². The fourth-order valence-electron chi connectivity index (χ4n) is 7.29. The summed E-state index contributed by atoms with van der Waals surface area (Å²) in [4.78, 5) is 54.9. The number of nitrogens with zero attached hydrogens (tertiary/aromatic N) is 5. The molecule has 4 aromatic carbocycles. The molecule has 6 aromatic rings. The zero-order chi connectivity index (χ0) is 51.0. The number of hydrogen-bond donors (Lipinski definition) is 4. The second-order valence-electron chi connectivity index (χ2n) is 16.5. The molecule has 0 aliphatic carbocycles. The molecule has 0 radical (unpaired) electrons. The molecule has 0 bridgehead atoms. The Kier molecular flexibility index (Phi) is 24.3. The number of ether oxygens (including phenoxy) is 6. The molecule has 0 fully saturated rings. The van der Waals surface area contributed by atoms with Crippen molar-refractivity contribution in [2.24, 2.45) is 15.8 Å². The fourth-order valence-corrected chi connectivity index (χ4v) is 7.29. The van der Waals surface area contributed by atoms with Crippen LogP contribution in [0.5, 0.6) is 23.0 Å². The standard InChI is InChI=1S/C30H39N5O4.C23H26N4O5.HI/c1-6-31-22-32-14-9-16-35(2,3)17-19-39-18-15-33-30(36)25-21-27(34-26-11-8-7-10-24(25)26)23-12-13-28(37-4)29(20-23)38-5;1-30-20-8-7-15(13-21(20)31-2)19-14-17(16-5-3-4-6-18(16)26-19)23(29)25-10-12-32-11-9-22(28)27-24;/h7-8,10-13,20-21H,6,9,14-19H2,1-5H3;3-8,13-14H,9-12,24H2,1-2H3,(H,25,29)(H,27,28);1H. The number of likely N-dealkylation sites (N-methyl/N-ethyl adjacent to an activating group) is 1. The highest BCUT2D eigenvalue weighted by atomic mass is 127. The molecule has 384 valence electrons. The third-order valence-corrected chi connectivity index (χ3v) is 11.2. The summed E-state index contributed by atoms with van der Waals surface area (Å²) in [6.45, 7) is 7.55. The Hall–Kier alpha value is -6.74. The number of pyridine rings is 2. The Bertz CT molecular complexity index is 2790. The van der Waals surface area contributed by atoms with Gasteiger partial charge < -0.3 is 67.5 Å². The number of aromatic nitrogens is 2. The number of hydrogen-bond acceptors (Lipinski definition) is 14. The van der Waals surface area contributed by atoms with E-state index in [4.69, 9.17) is 44.2 Å². The molecular formula is C53H66IN9O9. The largest absolute Gasteiger partial charge is 1.00 e. The molecule has 72 heavy (non-hydrogen) atoms. The topological polar surface area (TPSA) is 219 Å². The highest BCUT2D eigenvalue weighted by Crippen LogP contribution is 2.34. The van der Waals surface area contributed by atoms with Crippen LogP contribution in [0, 0.1) is 0 Å². The van der Waals surface area contributed by atoms with E-state index in [1.807, 2.05) is 97.3 Å². The number of rotatable bonds is 25. The molecule has 0 atom stereocenters.